The molecular weight excluding hydrogens is 386 g/mol. The van der Waals surface area contributed by atoms with Crippen LogP contribution in [-0.2, 0) is 16.0 Å². The molecule has 0 spiro atoms. The topological polar surface area (TPSA) is 49.4 Å². The lowest BCUT2D eigenvalue weighted by molar-refractivity contribution is -0.120. The molecule has 1 aliphatic heterocycles. The second-order valence-electron chi connectivity index (χ2n) is 6.84. The number of nitrogens with zero attached hydrogens (tertiary/aromatic N) is 1. The Morgan fingerprint density at radius 1 is 0.833 bits per heavy atom. The molecule has 1 aliphatic rings. The molecule has 0 unspecified atom stereocenters. The van der Waals surface area contributed by atoms with Gasteiger partial charge in [0.25, 0.3) is 11.8 Å². The summed E-state index contributed by atoms with van der Waals surface area (Å²) in [7, 11) is 0. The van der Waals surface area contributed by atoms with Crippen LogP contribution >= 0.6 is 0 Å². The number of benzene rings is 3. The number of nitrogens with one attached hydrogen (secondary N) is 1. The molecule has 0 bridgehead atoms. The number of rotatable bonds is 5. The lowest BCUT2D eigenvalue weighted by Crippen LogP contribution is -2.32. The SMILES string of the molecule is CCc1ccc(N2C(=O)C(Nc3ccc(F)c(F)c3)=C(c3ccccc3)C2=O)cc1. The first-order valence-electron chi connectivity index (χ1n) is 9.49. The summed E-state index contributed by atoms with van der Waals surface area (Å²) in [6.07, 6.45) is 0.832. The zero-order valence-corrected chi connectivity index (χ0v) is 16.2. The van der Waals surface area contributed by atoms with Gasteiger partial charge in [0.15, 0.2) is 11.6 Å². The Balaban J connectivity index is 1.79. The summed E-state index contributed by atoms with van der Waals surface area (Å²) < 4.78 is 27.0. The quantitative estimate of drug-likeness (QED) is 0.614. The van der Waals surface area contributed by atoms with Crippen molar-refractivity contribution in [1.82, 2.24) is 0 Å². The maximum atomic E-state index is 13.7. The van der Waals surface area contributed by atoms with E-state index in [9.17, 15) is 18.4 Å². The van der Waals surface area contributed by atoms with Gasteiger partial charge in [-0.1, -0.05) is 49.4 Å². The maximum absolute atomic E-state index is 13.7. The number of carbonyl (C=O) groups is 2. The minimum atomic E-state index is -1.05. The molecule has 0 saturated carbocycles. The number of anilines is 2. The fraction of sp³-hybridized carbons (Fsp3) is 0.0833. The van der Waals surface area contributed by atoms with Crippen molar-refractivity contribution in [2.45, 2.75) is 13.3 Å². The Bertz CT molecular complexity index is 1160. The van der Waals surface area contributed by atoms with Gasteiger partial charge < -0.3 is 5.32 Å². The van der Waals surface area contributed by atoms with Crippen molar-refractivity contribution < 1.29 is 18.4 Å². The molecule has 4 rings (SSSR count). The number of amides is 2. The van der Waals surface area contributed by atoms with Crippen molar-refractivity contribution in [3.63, 3.8) is 0 Å². The second-order valence-corrected chi connectivity index (χ2v) is 6.84. The molecule has 3 aromatic rings. The largest absolute Gasteiger partial charge is 0.350 e. The van der Waals surface area contributed by atoms with Crippen LogP contribution in [-0.4, -0.2) is 11.8 Å². The van der Waals surface area contributed by atoms with Crippen molar-refractivity contribution in [2.75, 3.05) is 10.2 Å². The van der Waals surface area contributed by atoms with Crippen LogP contribution < -0.4 is 10.2 Å². The van der Waals surface area contributed by atoms with Crippen molar-refractivity contribution in [3.8, 4) is 0 Å². The second kappa shape index (κ2) is 7.91. The number of imide groups is 1. The minimum Gasteiger partial charge on any atom is -0.350 e. The van der Waals surface area contributed by atoms with E-state index < -0.39 is 23.4 Å². The standard InChI is InChI=1S/C24H18F2N2O2/c1-2-15-8-11-18(12-9-15)28-23(29)21(16-6-4-3-5-7-16)22(24(28)30)27-17-10-13-19(25)20(26)14-17/h3-14,27H,2H2,1H3. The molecule has 0 atom stereocenters. The smallest absolute Gasteiger partial charge is 0.282 e. The van der Waals surface area contributed by atoms with Crippen LogP contribution in [0.4, 0.5) is 20.2 Å². The molecule has 1 N–H and O–H groups in total. The van der Waals surface area contributed by atoms with Crippen molar-refractivity contribution in [3.05, 3.63) is 101 Å². The molecule has 6 heteroatoms. The van der Waals surface area contributed by atoms with Gasteiger partial charge in [-0.05, 0) is 41.8 Å². The first-order chi connectivity index (χ1) is 14.5. The third-order valence-corrected chi connectivity index (χ3v) is 4.94. The van der Waals surface area contributed by atoms with E-state index in [1.807, 2.05) is 19.1 Å². The van der Waals surface area contributed by atoms with E-state index in [0.29, 0.717) is 11.3 Å². The van der Waals surface area contributed by atoms with Crippen LogP contribution in [0.15, 0.2) is 78.5 Å². The summed E-state index contributed by atoms with van der Waals surface area (Å²) in [4.78, 5) is 27.6. The van der Waals surface area contributed by atoms with Crippen molar-refractivity contribution in [2.24, 2.45) is 0 Å². The lowest BCUT2D eigenvalue weighted by atomic mass is 10.0. The summed E-state index contributed by atoms with van der Waals surface area (Å²) in [5.74, 6) is -3.09. The van der Waals surface area contributed by atoms with Gasteiger partial charge in [-0.15, -0.1) is 0 Å². The van der Waals surface area contributed by atoms with Crippen molar-refractivity contribution in [1.29, 1.82) is 0 Å². The lowest BCUT2D eigenvalue weighted by Gasteiger charge is -2.16. The zero-order chi connectivity index (χ0) is 21.3. The summed E-state index contributed by atoms with van der Waals surface area (Å²) >= 11 is 0. The Kier molecular flexibility index (Phi) is 5.14. The van der Waals surface area contributed by atoms with Gasteiger partial charge in [0, 0.05) is 11.8 Å². The first-order valence-corrected chi connectivity index (χ1v) is 9.49. The molecule has 0 saturated heterocycles. The molecular formula is C24H18F2N2O2. The molecule has 0 aromatic heterocycles. The highest BCUT2D eigenvalue weighted by Gasteiger charge is 2.40. The first kappa shape index (κ1) is 19.5. The minimum absolute atomic E-state index is 0.0109. The molecule has 150 valence electrons. The van der Waals surface area contributed by atoms with Gasteiger partial charge in [-0.25, -0.2) is 13.7 Å². The van der Waals surface area contributed by atoms with Gasteiger partial charge >= 0.3 is 0 Å². The zero-order valence-electron chi connectivity index (χ0n) is 16.2. The van der Waals surface area contributed by atoms with Gasteiger partial charge in [0.05, 0.1) is 11.3 Å². The van der Waals surface area contributed by atoms with Crippen molar-refractivity contribution >= 4 is 28.8 Å². The van der Waals surface area contributed by atoms with E-state index >= 15 is 0 Å². The molecule has 4 nitrogen and oxygen atoms in total. The van der Waals surface area contributed by atoms with E-state index in [1.54, 1.807) is 42.5 Å². The van der Waals surface area contributed by atoms with E-state index in [4.69, 9.17) is 0 Å². The predicted octanol–water partition coefficient (Wildman–Crippen LogP) is 4.92. The third-order valence-electron chi connectivity index (χ3n) is 4.94. The average Bonchev–Trinajstić information content (AvgIpc) is 3.01. The number of halogens is 2. The van der Waals surface area contributed by atoms with Crippen LogP contribution in [0.5, 0.6) is 0 Å². The fourth-order valence-corrected chi connectivity index (χ4v) is 3.35. The van der Waals surface area contributed by atoms with E-state index in [0.717, 1.165) is 29.0 Å². The molecule has 1 heterocycles. The molecule has 2 amide bonds. The number of carbonyl (C=O) groups excluding carboxylic acids is 2. The molecule has 0 aliphatic carbocycles. The number of hydrogen-bond donors (Lipinski definition) is 1. The maximum Gasteiger partial charge on any atom is 0.282 e. The predicted molar refractivity (Wildman–Crippen MR) is 112 cm³/mol. The van der Waals surface area contributed by atoms with Gasteiger partial charge in [0.2, 0.25) is 0 Å². The summed E-state index contributed by atoms with van der Waals surface area (Å²) in [6, 6.07) is 19.1. The Hall–Kier alpha value is -3.80. The number of hydrogen-bond acceptors (Lipinski definition) is 3. The summed E-state index contributed by atoms with van der Waals surface area (Å²) in [5, 5.41) is 2.82. The summed E-state index contributed by atoms with van der Waals surface area (Å²) in [6.45, 7) is 2.01. The van der Waals surface area contributed by atoms with Crippen LogP contribution in [0.3, 0.4) is 0 Å². The van der Waals surface area contributed by atoms with Gasteiger partial charge in [0.1, 0.15) is 5.70 Å². The van der Waals surface area contributed by atoms with Crippen LogP contribution in [0, 0.1) is 11.6 Å². The van der Waals surface area contributed by atoms with Crippen LogP contribution in [0.1, 0.15) is 18.1 Å². The highest BCUT2D eigenvalue weighted by atomic mass is 19.2. The Labute approximate surface area is 172 Å². The summed E-state index contributed by atoms with van der Waals surface area (Å²) in [5.41, 5.74) is 2.42. The van der Waals surface area contributed by atoms with Crippen LogP contribution in [0.25, 0.3) is 5.57 Å². The monoisotopic (exact) mass is 404 g/mol. The molecule has 0 fully saturated rings. The molecule has 3 aromatic carbocycles. The van der Waals surface area contributed by atoms with Gasteiger partial charge in [-0.3, -0.25) is 9.59 Å². The van der Waals surface area contributed by atoms with E-state index in [1.165, 1.54) is 6.07 Å². The highest BCUT2D eigenvalue weighted by Crippen LogP contribution is 2.34. The Morgan fingerprint density at radius 2 is 1.53 bits per heavy atom. The third kappa shape index (κ3) is 3.48. The average molecular weight is 404 g/mol. The normalized spacial score (nSPS) is 13.9. The Morgan fingerprint density at radius 3 is 2.17 bits per heavy atom. The molecule has 30 heavy (non-hydrogen) atoms. The van der Waals surface area contributed by atoms with E-state index in [-0.39, 0.29) is 17.0 Å². The molecule has 0 radical (unpaired) electrons. The number of aryl methyl sites for hydroxylation is 1. The van der Waals surface area contributed by atoms with Gasteiger partial charge in [-0.2, -0.15) is 0 Å². The highest BCUT2D eigenvalue weighted by molar-refractivity contribution is 6.46. The van der Waals surface area contributed by atoms with E-state index in [2.05, 4.69) is 5.32 Å². The van der Waals surface area contributed by atoms with Crippen LogP contribution in [0.2, 0.25) is 0 Å². The fourth-order valence-electron chi connectivity index (χ4n) is 3.35.